The Morgan fingerprint density at radius 3 is 2.72 bits per heavy atom. The van der Waals surface area contributed by atoms with Gasteiger partial charge in [-0.1, -0.05) is 26.8 Å². The van der Waals surface area contributed by atoms with Gasteiger partial charge in [0.25, 0.3) is 5.91 Å². The Balaban J connectivity index is 1.16. The van der Waals surface area contributed by atoms with Gasteiger partial charge < -0.3 is 38.9 Å². The maximum absolute atomic E-state index is 14.3. The molecule has 15 nitrogen and oxygen atoms in total. The van der Waals surface area contributed by atoms with Crippen LogP contribution >= 0.6 is 11.3 Å². The number of fused-ring (bicyclic) bond motifs is 7. The van der Waals surface area contributed by atoms with E-state index >= 15 is 0 Å². The molecule has 5 aliphatic rings. The van der Waals surface area contributed by atoms with Crippen LogP contribution in [0.5, 0.6) is 0 Å². The third-order valence-electron chi connectivity index (χ3n) is 14.2. The molecule has 3 saturated heterocycles. The van der Waals surface area contributed by atoms with E-state index in [1.807, 2.05) is 25.4 Å². The lowest BCUT2D eigenvalue weighted by Gasteiger charge is -2.41. The molecule has 6 bridgehead atoms. The van der Waals surface area contributed by atoms with Crippen molar-refractivity contribution in [2.24, 2.45) is 17.3 Å². The molecule has 2 amide bonds. The SMILES string of the molecule is CCn1c(-c2cc(N3CCN4CCOC[C@@]4(O)CC3)cnc2[C@H](C)OC)c2c3cc(ccc31)-c1csc(n1)C[C@H](NC(=O)[C@H]1C[C@@H]1C)C(=O)N1CCC[C@](C=O)(COCC(C)(C)C2)N1. The van der Waals surface area contributed by atoms with Gasteiger partial charge in [0.05, 0.1) is 66.5 Å². The van der Waals surface area contributed by atoms with Crippen LogP contribution in [0.3, 0.4) is 0 Å². The number of nitrogens with zero attached hydrogens (tertiary/aromatic N) is 6. The quantitative estimate of drug-likeness (QED) is 0.200. The maximum atomic E-state index is 14.3. The molecule has 3 aromatic heterocycles. The van der Waals surface area contributed by atoms with Gasteiger partial charge in [-0.15, -0.1) is 11.3 Å². The smallest absolute Gasteiger partial charge is 0.259 e. The van der Waals surface area contributed by atoms with E-state index in [0.29, 0.717) is 78.2 Å². The van der Waals surface area contributed by atoms with Crippen molar-refractivity contribution in [1.82, 2.24) is 35.2 Å². The maximum Gasteiger partial charge on any atom is 0.259 e. The van der Waals surface area contributed by atoms with Gasteiger partial charge in [0.15, 0.2) is 0 Å². The number of methoxy groups -OCH3 is 1. The van der Waals surface area contributed by atoms with Crippen molar-refractivity contribution in [3.63, 3.8) is 0 Å². The lowest BCUT2D eigenvalue weighted by molar-refractivity contribution is -0.186. The van der Waals surface area contributed by atoms with Gasteiger partial charge in [-0.2, -0.15) is 0 Å². The van der Waals surface area contributed by atoms with Gasteiger partial charge in [0.2, 0.25) is 5.91 Å². The molecule has 1 aliphatic carbocycles. The second-order valence-corrected chi connectivity index (χ2v) is 20.5. The summed E-state index contributed by atoms with van der Waals surface area (Å²) in [6, 6.07) is 7.95. The number of aliphatic hydroxyl groups is 1. The number of benzene rings is 1. The standard InChI is InChI=1S/C48H64N8O7S/c1-7-55-40-10-9-32-20-35(40)37(43(55)36-21-33(24-49-42(36)31(3)61-6)53-14-12-48(60)29-62-18-17-54(48)16-15-53)23-46(4,5)27-63-28-47(26-57)11-8-13-56(52-47)45(59)38(22-41-50-39(32)25-64-41)51-44(58)34-19-30(34)2/h9-10,20-21,24-26,30-31,34,38,52,60H,7-8,11-19,22-23,27-29H2,1-6H3,(H,51,58)/t30-,31-,34-,38-,47-,48-/m0/s1. The second-order valence-electron chi connectivity index (χ2n) is 19.6. The van der Waals surface area contributed by atoms with Crippen molar-refractivity contribution >= 4 is 46.0 Å². The number of amides is 2. The van der Waals surface area contributed by atoms with Crippen molar-refractivity contribution in [2.75, 3.05) is 71.2 Å². The summed E-state index contributed by atoms with van der Waals surface area (Å²) in [6.07, 6.45) is 5.86. The fourth-order valence-electron chi connectivity index (χ4n) is 10.3. The van der Waals surface area contributed by atoms with Gasteiger partial charge in [0, 0.05) is 92.5 Å². The van der Waals surface area contributed by atoms with Crippen molar-refractivity contribution in [2.45, 2.75) is 103 Å². The van der Waals surface area contributed by atoms with E-state index in [1.54, 1.807) is 7.11 Å². The fraction of sp³-hybridized carbons (Fsp3) is 0.604. The summed E-state index contributed by atoms with van der Waals surface area (Å²) >= 11 is 1.48. The number of ether oxygens (including phenoxy) is 3. The molecule has 4 aliphatic heterocycles. The van der Waals surface area contributed by atoms with Crippen LogP contribution in [0, 0.1) is 17.3 Å². The van der Waals surface area contributed by atoms with Crippen LogP contribution in [0.4, 0.5) is 5.69 Å². The number of carbonyl (C=O) groups is 3. The van der Waals surface area contributed by atoms with Crippen molar-refractivity contribution < 1.29 is 33.7 Å². The number of pyridine rings is 1. The van der Waals surface area contributed by atoms with Crippen LogP contribution in [-0.2, 0) is 48.0 Å². The molecule has 16 heteroatoms. The molecule has 3 N–H and O–H groups in total. The first-order valence-electron chi connectivity index (χ1n) is 23.1. The van der Waals surface area contributed by atoms with E-state index in [-0.39, 0.29) is 42.8 Å². The molecule has 1 aromatic carbocycles. The number of hydrazine groups is 1. The third-order valence-corrected chi connectivity index (χ3v) is 15.1. The normalized spacial score (nSPS) is 28.2. The van der Waals surface area contributed by atoms with E-state index in [4.69, 9.17) is 24.2 Å². The zero-order chi connectivity index (χ0) is 45.0. The first-order chi connectivity index (χ1) is 30.7. The average molecular weight is 897 g/mol. The Hall–Kier alpha value is -4.29. The molecular weight excluding hydrogens is 833 g/mol. The predicted octanol–water partition coefficient (Wildman–Crippen LogP) is 5.13. The minimum Gasteiger partial charge on any atom is -0.378 e. The molecule has 1 saturated carbocycles. The van der Waals surface area contributed by atoms with Crippen molar-refractivity contribution in [3.05, 3.63) is 52.1 Å². The first kappa shape index (κ1) is 44.9. The average Bonchev–Trinajstić information content (AvgIpc) is 3.79. The fourth-order valence-corrected chi connectivity index (χ4v) is 11.1. The Morgan fingerprint density at radius 2 is 1.95 bits per heavy atom. The number of nitrogens with one attached hydrogen (secondary N) is 2. The lowest BCUT2D eigenvalue weighted by atomic mass is 9.84. The van der Waals surface area contributed by atoms with E-state index in [1.165, 1.54) is 16.3 Å². The van der Waals surface area contributed by atoms with Crippen LogP contribution in [0.1, 0.15) is 82.7 Å². The summed E-state index contributed by atoms with van der Waals surface area (Å²) in [4.78, 5) is 55.4. The number of hydrogen-bond acceptors (Lipinski definition) is 13. The summed E-state index contributed by atoms with van der Waals surface area (Å²) in [7, 11) is 1.72. The van der Waals surface area contributed by atoms with Gasteiger partial charge in [-0.05, 0) is 74.6 Å². The van der Waals surface area contributed by atoms with Gasteiger partial charge in [-0.25, -0.2) is 10.4 Å². The van der Waals surface area contributed by atoms with Crippen LogP contribution in [0.2, 0.25) is 0 Å². The van der Waals surface area contributed by atoms with Crippen LogP contribution in [0.25, 0.3) is 33.4 Å². The highest BCUT2D eigenvalue weighted by Gasteiger charge is 2.44. The van der Waals surface area contributed by atoms with E-state index < -0.39 is 22.7 Å². The molecule has 4 fully saturated rings. The summed E-state index contributed by atoms with van der Waals surface area (Å²) in [5.41, 5.74) is 8.64. The largest absolute Gasteiger partial charge is 0.378 e. The predicted molar refractivity (Wildman–Crippen MR) is 246 cm³/mol. The Labute approximate surface area is 379 Å². The Kier molecular flexibility index (Phi) is 12.5. The van der Waals surface area contributed by atoms with Crippen LogP contribution in [0.15, 0.2) is 35.8 Å². The van der Waals surface area contributed by atoms with Gasteiger partial charge in [0.1, 0.15) is 23.6 Å². The molecule has 4 aromatic rings. The lowest BCUT2D eigenvalue weighted by Crippen LogP contribution is -2.66. The van der Waals surface area contributed by atoms with E-state index in [0.717, 1.165) is 74.6 Å². The number of anilines is 1. The molecule has 344 valence electrons. The number of carbonyl (C=O) groups excluding carboxylic acids is 3. The van der Waals surface area contributed by atoms with Gasteiger partial charge >= 0.3 is 0 Å². The van der Waals surface area contributed by atoms with E-state index in [2.05, 4.69) is 70.1 Å². The number of rotatable bonds is 8. The summed E-state index contributed by atoms with van der Waals surface area (Å²) in [5.74, 6) is -0.238. The molecule has 7 heterocycles. The molecular formula is C48H64N8O7S. The molecule has 0 spiro atoms. The van der Waals surface area contributed by atoms with Crippen LogP contribution < -0.4 is 15.6 Å². The number of aldehydes is 1. The second kappa shape index (κ2) is 17.8. The monoisotopic (exact) mass is 896 g/mol. The van der Waals surface area contributed by atoms with Crippen molar-refractivity contribution in [3.8, 4) is 22.5 Å². The molecule has 0 radical (unpaired) electrons. The molecule has 9 rings (SSSR count). The van der Waals surface area contributed by atoms with Gasteiger partial charge in [-0.3, -0.25) is 24.5 Å². The van der Waals surface area contributed by atoms with Crippen molar-refractivity contribution in [1.29, 1.82) is 0 Å². The molecule has 0 unspecified atom stereocenters. The summed E-state index contributed by atoms with van der Waals surface area (Å²) < 4.78 is 20.7. The highest BCUT2D eigenvalue weighted by atomic mass is 32.1. The van der Waals surface area contributed by atoms with Crippen LogP contribution in [-0.4, -0.2) is 131 Å². The number of aryl methyl sites for hydroxylation is 1. The first-order valence-corrected chi connectivity index (χ1v) is 24.0. The molecule has 6 atom stereocenters. The number of hydrogen-bond donors (Lipinski definition) is 3. The Morgan fingerprint density at radius 1 is 1.12 bits per heavy atom. The minimum absolute atomic E-state index is 0.0832. The zero-order valence-corrected chi connectivity index (χ0v) is 39.0. The topological polar surface area (TPSA) is 164 Å². The number of morpholine rings is 1. The molecule has 64 heavy (non-hydrogen) atoms. The Bertz CT molecular complexity index is 2400. The third kappa shape index (κ3) is 8.74. The summed E-state index contributed by atoms with van der Waals surface area (Å²) in [6.45, 7) is 15.9. The zero-order valence-electron chi connectivity index (χ0n) is 38.2. The number of aromatic nitrogens is 3. The van der Waals surface area contributed by atoms with E-state index in [9.17, 15) is 19.5 Å². The highest BCUT2D eigenvalue weighted by Crippen LogP contribution is 2.44. The summed E-state index contributed by atoms with van der Waals surface area (Å²) in [5, 5.41) is 20.0. The highest BCUT2D eigenvalue weighted by molar-refractivity contribution is 7.10. The minimum atomic E-state index is -1.11. The number of thiazole rings is 1.